The van der Waals surface area contributed by atoms with Gasteiger partial charge in [-0.15, -0.1) is 0 Å². The number of carbonyl (C=O) groups is 1. The molecule has 0 radical (unpaired) electrons. The van der Waals surface area contributed by atoms with Gasteiger partial charge >= 0.3 is 5.82 Å². The van der Waals surface area contributed by atoms with Crippen LogP contribution in [0.3, 0.4) is 0 Å². The highest BCUT2D eigenvalue weighted by molar-refractivity contribution is 8.18. The van der Waals surface area contributed by atoms with Crippen molar-refractivity contribution >= 4 is 34.7 Å². The maximum atomic E-state index is 11.9. The fraction of sp³-hybridized carbons (Fsp3) is 0.364. The Kier molecular flexibility index (Phi) is 3.26. The van der Waals surface area contributed by atoms with Gasteiger partial charge in [0.25, 0.3) is 5.91 Å². The first kappa shape index (κ1) is 13.8. The Bertz CT molecular complexity index is 688. The van der Waals surface area contributed by atoms with Crippen LogP contribution in [0.1, 0.15) is 5.82 Å². The van der Waals surface area contributed by atoms with Crippen molar-refractivity contribution in [3.8, 4) is 0 Å². The summed E-state index contributed by atoms with van der Waals surface area (Å²) in [6, 6.07) is 0.119. The number of thioether (sulfide) groups is 1. The zero-order chi connectivity index (χ0) is 15.1. The Morgan fingerprint density at radius 1 is 1.57 bits per heavy atom. The molecule has 2 aliphatic heterocycles. The minimum absolute atomic E-state index is 0.119. The molecule has 1 aromatic rings. The lowest BCUT2D eigenvalue weighted by Crippen LogP contribution is -2.56. The summed E-state index contributed by atoms with van der Waals surface area (Å²) >= 11 is 1.23. The van der Waals surface area contributed by atoms with E-state index in [0.717, 1.165) is 6.20 Å². The van der Waals surface area contributed by atoms with E-state index in [1.165, 1.54) is 29.5 Å². The summed E-state index contributed by atoms with van der Waals surface area (Å²) in [7, 11) is 1.53. The van der Waals surface area contributed by atoms with Gasteiger partial charge in [0.05, 0.1) is 12.0 Å². The van der Waals surface area contributed by atoms with Crippen LogP contribution in [0, 0.1) is 10.1 Å². The van der Waals surface area contributed by atoms with Gasteiger partial charge in [-0.05, 0) is 16.7 Å². The van der Waals surface area contributed by atoms with Gasteiger partial charge in [-0.1, -0.05) is 0 Å². The van der Waals surface area contributed by atoms with E-state index in [0.29, 0.717) is 29.0 Å². The molecule has 2 aliphatic rings. The van der Waals surface area contributed by atoms with Crippen molar-refractivity contribution in [2.45, 2.75) is 6.04 Å². The molecule has 0 unspecified atom stereocenters. The molecule has 0 aliphatic carbocycles. The van der Waals surface area contributed by atoms with Gasteiger partial charge in [0, 0.05) is 25.2 Å². The van der Waals surface area contributed by atoms with E-state index in [1.807, 2.05) is 4.90 Å². The molecule has 1 aromatic heterocycles. The summed E-state index contributed by atoms with van der Waals surface area (Å²) < 4.78 is 1.32. The smallest absolute Gasteiger partial charge is 0.342 e. The van der Waals surface area contributed by atoms with Crippen molar-refractivity contribution in [2.24, 2.45) is 17.8 Å². The number of hydrogen-bond acceptors (Lipinski definition) is 7. The van der Waals surface area contributed by atoms with Gasteiger partial charge in [-0.25, -0.2) is 9.55 Å². The summed E-state index contributed by atoms with van der Waals surface area (Å²) in [6.45, 7) is 1.36. The average molecular weight is 308 g/mol. The molecule has 0 atom stereocenters. The maximum Gasteiger partial charge on any atom is 0.342 e. The van der Waals surface area contributed by atoms with Crippen LogP contribution in [0.25, 0.3) is 6.08 Å². The lowest BCUT2D eigenvalue weighted by molar-refractivity contribution is -0.391. The van der Waals surface area contributed by atoms with E-state index >= 15 is 0 Å². The van der Waals surface area contributed by atoms with Gasteiger partial charge in [-0.2, -0.15) is 4.99 Å². The lowest BCUT2D eigenvalue weighted by Gasteiger charge is -2.37. The molecule has 10 heteroatoms. The van der Waals surface area contributed by atoms with Crippen LogP contribution in [0.4, 0.5) is 5.82 Å². The molecule has 1 fully saturated rings. The molecule has 1 amide bonds. The number of nitrogens with zero attached hydrogens (tertiary/aromatic N) is 5. The van der Waals surface area contributed by atoms with Gasteiger partial charge in [0.15, 0.2) is 5.17 Å². The lowest BCUT2D eigenvalue weighted by atomic mass is 10.2. The number of amides is 1. The standard InChI is InChI=1S/C11H12N6O3S/c1-15-8(13-3-9(15)17(19)20)2-7-10(18)14-11(21-7)16-4-6(12)5-16/h2-3,6H,4-5,12H2,1H3/b7-2-. The number of nitrogens with two attached hydrogens (primary N) is 1. The molecule has 0 aromatic carbocycles. The SMILES string of the molecule is Cn1c([N+](=O)[O-])cnc1/C=C1\SC(N2CC(N)C2)=NC1=O. The maximum absolute atomic E-state index is 11.9. The van der Waals surface area contributed by atoms with Crippen LogP contribution in [-0.2, 0) is 11.8 Å². The van der Waals surface area contributed by atoms with E-state index in [2.05, 4.69) is 9.98 Å². The van der Waals surface area contributed by atoms with E-state index in [9.17, 15) is 14.9 Å². The van der Waals surface area contributed by atoms with E-state index in [1.54, 1.807) is 0 Å². The second-order valence-corrected chi connectivity index (χ2v) is 5.78. The minimum Gasteiger partial charge on any atom is -0.358 e. The highest BCUT2D eigenvalue weighted by Crippen LogP contribution is 2.31. The molecule has 1 saturated heterocycles. The number of likely N-dealkylation sites (tertiary alicyclic amines) is 1. The van der Waals surface area contributed by atoms with Crippen molar-refractivity contribution in [2.75, 3.05) is 13.1 Å². The molecule has 0 spiro atoms. The molecule has 3 heterocycles. The molecule has 3 rings (SSSR count). The quantitative estimate of drug-likeness (QED) is 0.461. The molecule has 0 bridgehead atoms. The van der Waals surface area contributed by atoms with Gasteiger partial charge in [0.2, 0.25) is 5.82 Å². The van der Waals surface area contributed by atoms with Crippen LogP contribution < -0.4 is 5.73 Å². The van der Waals surface area contributed by atoms with Crippen LogP contribution in [-0.4, -0.2) is 49.6 Å². The number of amidine groups is 1. The van der Waals surface area contributed by atoms with Gasteiger partial charge < -0.3 is 20.7 Å². The predicted molar refractivity (Wildman–Crippen MR) is 77.4 cm³/mol. The zero-order valence-corrected chi connectivity index (χ0v) is 11.9. The van der Waals surface area contributed by atoms with Crippen molar-refractivity contribution in [3.63, 3.8) is 0 Å². The first-order chi connectivity index (χ1) is 9.95. The van der Waals surface area contributed by atoms with Crippen molar-refractivity contribution in [1.82, 2.24) is 14.5 Å². The van der Waals surface area contributed by atoms with Crippen LogP contribution in [0.15, 0.2) is 16.1 Å². The third-order valence-electron chi connectivity index (χ3n) is 3.24. The Morgan fingerprint density at radius 2 is 2.29 bits per heavy atom. The molecule has 9 nitrogen and oxygen atoms in total. The Morgan fingerprint density at radius 3 is 2.86 bits per heavy atom. The van der Waals surface area contributed by atoms with Crippen molar-refractivity contribution < 1.29 is 9.72 Å². The molecule has 21 heavy (non-hydrogen) atoms. The summed E-state index contributed by atoms with van der Waals surface area (Å²) in [5.41, 5.74) is 5.70. The highest BCUT2D eigenvalue weighted by atomic mass is 32.2. The second-order valence-electron chi connectivity index (χ2n) is 4.77. The monoisotopic (exact) mass is 308 g/mol. The minimum atomic E-state index is -0.526. The third kappa shape index (κ3) is 2.43. The van der Waals surface area contributed by atoms with E-state index < -0.39 is 4.92 Å². The number of nitro groups is 1. The first-order valence-corrected chi connectivity index (χ1v) is 6.96. The largest absolute Gasteiger partial charge is 0.358 e. The van der Waals surface area contributed by atoms with Crippen molar-refractivity contribution in [1.29, 1.82) is 0 Å². The molecule has 110 valence electrons. The second kappa shape index (κ2) is 4.97. The average Bonchev–Trinajstić information content (AvgIpc) is 2.91. The number of aromatic nitrogens is 2. The Hall–Kier alpha value is -2.20. The fourth-order valence-corrected chi connectivity index (χ4v) is 2.94. The number of rotatable bonds is 2. The van der Waals surface area contributed by atoms with E-state index in [-0.39, 0.29) is 17.8 Å². The normalized spacial score (nSPS) is 20.9. The first-order valence-electron chi connectivity index (χ1n) is 6.15. The van der Waals surface area contributed by atoms with Crippen LogP contribution in [0.5, 0.6) is 0 Å². The molecular weight excluding hydrogens is 296 g/mol. The van der Waals surface area contributed by atoms with Gasteiger partial charge in [0.1, 0.15) is 6.20 Å². The summed E-state index contributed by atoms with van der Waals surface area (Å²) in [5, 5.41) is 11.4. The van der Waals surface area contributed by atoms with E-state index in [4.69, 9.17) is 5.73 Å². The molecular formula is C11H12N6O3S. The summed E-state index contributed by atoms with van der Waals surface area (Å²) in [4.78, 5) is 32.3. The van der Waals surface area contributed by atoms with Crippen LogP contribution >= 0.6 is 11.8 Å². The fourth-order valence-electron chi connectivity index (χ4n) is 2.04. The third-order valence-corrected chi connectivity index (χ3v) is 4.28. The number of imidazole rings is 1. The van der Waals surface area contributed by atoms with Gasteiger partial charge in [-0.3, -0.25) is 4.79 Å². The summed E-state index contributed by atoms with van der Waals surface area (Å²) in [5.74, 6) is -0.150. The Labute approximate surface area is 123 Å². The number of hydrogen-bond donors (Lipinski definition) is 1. The topological polar surface area (TPSA) is 120 Å². The Balaban J connectivity index is 1.79. The molecule has 2 N–H and O–H groups in total. The number of carbonyl (C=O) groups excluding carboxylic acids is 1. The molecule has 0 saturated carbocycles. The predicted octanol–water partition coefficient (Wildman–Crippen LogP) is -0.0585. The number of aliphatic imine (C=N–C) groups is 1. The van der Waals surface area contributed by atoms with Crippen LogP contribution in [0.2, 0.25) is 0 Å². The summed E-state index contributed by atoms with van der Waals surface area (Å²) in [6.07, 6.45) is 2.67. The van der Waals surface area contributed by atoms with Crippen molar-refractivity contribution in [3.05, 3.63) is 27.0 Å². The highest BCUT2D eigenvalue weighted by Gasteiger charge is 2.33. The zero-order valence-electron chi connectivity index (χ0n) is 11.1.